The van der Waals surface area contributed by atoms with Gasteiger partial charge >= 0.3 is 11.9 Å². The Labute approximate surface area is 202 Å². The van der Waals surface area contributed by atoms with E-state index in [-0.39, 0.29) is 23.4 Å². The molecule has 0 bridgehead atoms. The van der Waals surface area contributed by atoms with E-state index in [1.807, 2.05) is 6.07 Å². The molecule has 0 spiro atoms. The van der Waals surface area contributed by atoms with Gasteiger partial charge in [-0.1, -0.05) is 18.2 Å². The first kappa shape index (κ1) is 24.2. The maximum absolute atomic E-state index is 13.1. The van der Waals surface area contributed by atoms with Crippen molar-refractivity contribution < 1.29 is 28.6 Å². The van der Waals surface area contributed by atoms with Gasteiger partial charge in [-0.3, -0.25) is 4.79 Å². The molecule has 1 fully saturated rings. The number of ether oxygens (including phenoxy) is 3. The molecule has 2 unspecified atom stereocenters. The van der Waals surface area contributed by atoms with Gasteiger partial charge in [0.15, 0.2) is 5.69 Å². The molecule has 184 valence electrons. The largest absolute Gasteiger partial charge is 0.467 e. The van der Waals surface area contributed by atoms with Gasteiger partial charge in [-0.2, -0.15) is 0 Å². The van der Waals surface area contributed by atoms with Gasteiger partial charge in [-0.05, 0) is 38.0 Å². The molecule has 1 aliphatic heterocycles. The number of amides is 1. The second-order valence-corrected chi connectivity index (χ2v) is 8.27. The van der Waals surface area contributed by atoms with E-state index in [9.17, 15) is 14.4 Å². The maximum atomic E-state index is 13.1. The van der Waals surface area contributed by atoms with E-state index in [1.165, 1.54) is 14.2 Å². The summed E-state index contributed by atoms with van der Waals surface area (Å²) in [6.45, 7) is 2.69. The van der Waals surface area contributed by atoms with Crippen molar-refractivity contribution in [2.24, 2.45) is 0 Å². The second kappa shape index (κ2) is 10.6. The summed E-state index contributed by atoms with van der Waals surface area (Å²) in [6.07, 6.45) is 3.26. The van der Waals surface area contributed by atoms with Crippen LogP contribution in [-0.2, 0) is 25.5 Å². The van der Waals surface area contributed by atoms with Gasteiger partial charge in [0.2, 0.25) is 0 Å². The van der Waals surface area contributed by atoms with Crippen molar-refractivity contribution in [2.45, 2.75) is 38.5 Å². The maximum Gasteiger partial charge on any atom is 0.356 e. The molecule has 1 aliphatic rings. The van der Waals surface area contributed by atoms with Crippen molar-refractivity contribution in [3.05, 3.63) is 53.9 Å². The van der Waals surface area contributed by atoms with E-state index in [0.717, 1.165) is 12.8 Å². The average Bonchev–Trinajstić information content (AvgIpc) is 3.50. The number of fused-ring (bicyclic) bond motifs is 1. The van der Waals surface area contributed by atoms with Gasteiger partial charge in [0, 0.05) is 17.6 Å². The van der Waals surface area contributed by atoms with Gasteiger partial charge in [-0.15, -0.1) is 0 Å². The topological polar surface area (TPSA) is 121 Å². The molecule has 1 aromatic carbocycles. The highest BCUT2D eigenvalue weighted by Gasteiger charge is 2.29. The number of anilines is 2. The van der Waals surface area contributed by atoms with Crippen molar-refractivity contribution >= 4 is 40.3 Å². The van der Waals surface area contributed by atoms with Gasteiger partial charge in [0.25, 0.3) is 5.91 Å². The van der Waals surface area contributed by atoms with Crippen LogP contribution in [0.25, 0.3) is 11.0 Å². The Morgan fingerprint density at radius 1 is 1.20 bits per heavy atom. The SMILES string of the molecule is COC(=O)c1c(NC(=O)c2ccccc2)c2cc(NC(C)C(=O)OC)cnc2n1CC1CCCO1. The van der Waals surface area contributed by atoms with E-state index in [1.54, 1.807) is 48.0 Å². The van der Waals surface area contributed by atoms with Crippen LogP contribution in [0.5, 0.6) is 0 Å². The molecule has 35 heavy (non-hydrogen) atoms. The normalized spacial score (nSPS) is 16.0. The van der Waals surface area contributed by atoms with Crippen LogP contribution < -0.4 is 10.6 Å². The summed E-state index contributed by atoms with van der Waals surface area (Å²) in [5.74, 6) is -1.43. The van der Waals surface area contributed by atoms with Gasteiger partial charge in [0.05, 0.1) is 44.4 Å². The summed E-state index contributed by atoms with van der Waals surface area (Å²) < 4.78 is 17.4. The third-order valence-corrected chi connectivity index (χ3v) is 5.90. The molecule has 3 aromatic rings. The number of pyridine rings is 1. The zero-order valence-corrected chi connectivity index (χ0v) is 19.9. The molecular weight excluding hydrogens is 452 g/mol. The Morgan fingerprint density at radius 2 is 1.97 bits per heavy atom. The minimum atomic E-state index is -0.629. The van der Waals surface area contributed by atoms with Crippen molar-refractivity contribution in [1.29, 1.82) is 0 Å². The van der Waals surface area contributed by atoms with Crippen LogP contribution in [0.15, 0.2) is 42.6 Å². The Kier molecular flexibility index (Phi) is 7.31. The number of benzene rings is 1. The Balaban J connectivity index is 1.83. The predicted molar refractivity (Wildman–Crippen MR) is 130 cm³/mol. The summed E-state index contributed by atoms with van der Waals surface area (Å²) in [6, 6.07) is 9.80. The third-order valence-electron chi connectivity index (χ3n) is 5.90. The first-order valence-electron chi connectivity index (χ1n) is 11.4. The molecule has 1 saturated heterocycles. The molecule has 2 atom stereocenters. The third kappa shape index (κ3) is 5.12. The van der Waals surface area contributed by atoms with Crippen LogP contribution in [-0.4, -0.2) is 60.4 Å². The van der Waals surface area contributed by atoms with Crippen LogP contribution in [0.3, 0.4) is 0 Å². The van der Waals surface area contributed by atoms with Crippen LogP contribution in [0.2, 0.25) is 0 Å². The second-order valence-electron chi connectivity index (χ2n) is 8.27. The fourth-order valence-electron chi connectivity index (χ4n) is 4.17. The Hall–Kier alpha value is -3.92. The van der Waals surface area contributed by atoms with Gasteiger partial charge in [0.1, 0.15) is 11.7 Å². The molecule has 2 aromatic heterocycles. The van der Waals surface area contributed by atoms with Crippen LogP contribution in [0.1, 0.15) is 40.6 Å². The highest BCUT2D eigenvalue weighted by Crippen LogP contribution is 2.34. The van der Waals surface area contributed by atoms with E-state index in [0.29, 0.717) is 35.4 Å². The number of carbonyl (C=O) groups is 3. The molecule has 3 heterocycles. The molecule has 0 radical (unpaired) electrons. The number of aromatic nitrogens is 2. The fourth-order valence-corrected chi connectivity index (χ4v) is 4.17. The lowest BCUT2D eigenvalue weighted by molar-refractivity contribution is -0.141. The van der Waals surface area contributed by atoms with Crippen LogP contribution in [0, 0.1) is 0 Å². The Morgan fingerprint density at radius 3 is 2.63 bits per heavy atom. The highest BCUT2D eigenvalue weighted by molar-refractivity contribution is 6.14. The highest BCUT2D eigenvalue weighted by atomic mass is 16.5. The summed E-state index contributed by atoms with van der Waals surface area (Å²) in [7, 11) is 2.60. The lowest BCUT2D eigenvalue weighted by atomic mass is 10.2. The van der Waals surface area contributed by atoms with E-state index in [4.69, 9.17) is 14.2 Å². The number of nitrogens with zero attached hydrogens (tertiary/aromatic N) is 2. The van der Waals surface area contributed by atoms with Crippen molar-refractivity contribution in [1.82, 2.24) is 9.55 Å². The summed E-state index contributed by atoms with van der Waals surface area (Å²) in [5.41, 5.74) is 1.90. The van der Waals surface area contributed by atoms with Crippen molar-refractivity contribution in [3.63, 3.8) is 0 Å². The molecule has 10 heteroatoms. The minimum Gasteiger partial charge on any atom is -0.467 e. The predicted octanol–water partition coefficient (Wildman–Crippen LogP) is 3.23. The quantitative estimate of drug-likeness (QED) is 0.472. The van der Waals surface area contributed by atoms with Crippen LogP contribution in [0.4, 0.5) is 11.4 Å². The number of esters is 2. The summed E-state index contributed by atoms with van der Waals surface area (Å²) >= 11 is 0. The molecule has 1 amide bonds. The number of hydrogen-bond donors (Lipinski definition) is 2. The standard InChI is InChI=1S/C25H28N4O6/c1-15(24(31)33-2)27-17-12-19-20(28-23(30)16-8-5-4-6-9-16)21(25(32)34-3)29(22(19)26-13-17)14-18-10-7-11-35-18/h4-6,8-9,12-13,15,18,27H,7,10-11,14H2,1-3H3,(H,28,30). The van der Waals surface area contributed by atoms with Crippen molar-refractivity contribution in [2.75, 3.05) is 31.5 Å². The summed E-state index contributed by atoms with van der Waals surface area (Å²) in [4.78, 5) is 42.5. The molecule has 2 N–H and O–H groups in total. The fraction of sp³-hybridized carbons (Fsp3) is 0.360. The van der Waals surface area contributed by atoms with E-state index >= 15 is 0 Å². The van der Waals surface area contributed by atoms with Gasteiger partial charge < -0.3 is 29.4 Å². The number of nitrogens with one attached hydrogen (secondary N) is 2. The molecule has 0 saturated carbocycles. The minimum absolute atomic E-state index is 0.0920. The number of methoxy groups -OCH3 is 2. The van der Waals surface area contributed by atoms with E-state index in [2.05, 4.69) is 15.6 Å². The molecule has 0 aliphatic carbocycles. The number of carbonyl (C=O) groups excluding carboxylic acids is 3. The number of rotatable bonds is 8. The zero-order chi connectivity index (χ0) is 24.9. The smallest absolute Gasteiger partial charge is 0.356 e. The van der Waals surface area contributed by atoms with E-state index < -0.39 is 18.0 Å². The lowest BCUT2D eigenvalue weighted by Crippen LogP contribution is -2.27. The monoisotopic (exact) mass is 480 g/mol. The van der Waals surface area contributed by atoms with Crippen LogP contribution >= 0.6 is 0 Å². The summed E-state index contributed by atoms with van der Waals surface area (Å²) in [5, 5.41) is 6.45. The van der Waals surface area contributed by atoms with Gasteiger partial charge in [-0.25, -0.2) is 14.6 Å². The average molecular weight is 481 g/mol. The molecular formula is C25H28N4O6. The lowest BCUT2D eigenvalue weighted by Gasteiger charge is -2.15. The Bertz CT molecular complexity index is 1230. The molecule has 10 nitrogen and oxygen atoms in total. The van der Waals surface area contributed by atoms with Crippen molar-refractivity contribution in [3.8, 4) is 0 Å². The first-order chi connectivity index (χ1) is 16.9. The molecule has 4 rings (SSSR count). The first-order valence-corrected chi connectivity index (χ1v) is 11.4. The number of hydrogen-bond acceptors (Lipinski definition) is 8. The zero-order valence-electron chi connectivity index (χ0n) is 19.9.